The number of allylic oxidation sites excluding steroid dienone is 3. The first-order valence-corrected chi connectivity index (χ1v) is 10.2. The van der Waals surface area contributed by atoms with Gasteiger partial charge in [-0.05, 0) is 53.8 Å². The summed E-state index contributed by atoms with van der Waals surface area (Å²) in [6.45, 7) is 9.74. The number of nitrogens with one attached hydrogen (secondary N) is 1. The van der Waals surface area contributed by atoms with Gasteiger partial charge in [0.2, 0.25) is 11.8 Å². The van der Waals surface area contributed by atoms with Crippen molar-refractivity contribution in [3.63, 3.8) is 0 Å². The molecule has 150 valence electrons. The van der Waals surface area contributed by atoms with Gasteiger partial charge < -0.3 is 5.32 Å². The second kappa shape index (κ2) is 9.82. The van der Waals surface area contributed by atoms with E-state index in [9.17, 15) is 13.6 Å². The van der Waals surface area contributed by atoms with E-state index in [0.29, 0.717) is 5.82 Å². The molecular weight excluding hydrogens is 378 g/mol. The number of thioether (sulfide) groups is 1. The average molecular weight is 405 g/mol. The van der Waals surface area contributed by atoms with E-state index in [1.54, 1.807) is 17.7 Å². The molecule has 6 heteroatoms. The Morgan fingerprint density at radius 1 is 1.36 bits per heavy atom. The quantitative estimate of drug-likeness (QED) is 0.666. The van der Waals surface area contributed by atoms with Gasteiger partial charge in [-0.1, -0.05) is 43.5 Å². The Balaban J connectivity index is 2.37. The first-order valence-electron chi connectivity index (χ1n) is 9.30. The van der Waals surface area contributed by atoms with Crippen LogP contribution in [0.15, 0.2) is 46.9 Å². The summed E-state index contributed by atoms with van der Waals surface area (Å²) >= 11 is 1.54. The average Bonchev–Trinajstić information content (AvgIpc) is 2.64. The minimum absolute atomic E-state index is 0.369. The molecule has 1 saturated carbocycles. The summed E-state index contributed by atoms with van der Waals surface area (Å²) < 4.78 is 26.0. The molecule has 28 heavy (non-hydrogen) atoms. The van der Waals surface area contributed by atoms with Crippen LogP contribution in [0.2, 0.25) is 0 Å². The van der Waals surface area contributed by atoms with Crippen LogP contribution in [-0.2, 0) is 4.79 Å². The van der Waals surface area contributed by atoms with E-state index in [2.05, 4.69) is 23.0 Å². The zero-order valence-corrected chi connectivity index (χ0v) is 17.3. The van der Waals surface area contributed by atoms with Gasteiger partial charge in [0.25, 0.3) is 0 Å². The molecule has 1 N–H and O–H groups in total. The Kier molecular flexibility index (Phi) is 7.75. The van der Waals surface area contributed by atoms with E-state index in [1.807, 2.05) is 39.0 Å². The van der Waals surface area contributed by atoms with Crippen LogP contribution in [0.4, 0.5) is 14.6 Å². The molecule has 0 radical (unpaired) electrons. The van der Waals surface area contributed by atoms with E-state index in [0.717, 1.165) is 27.3 Å². The van der Waals surface area contributed by atoms with E-state index in [-0.39, 0.29) is 0 Å². The Labute approximate surface area is 169 Å². The lowest BCUT2D eigenvalue weighted by molar-refractivity contribution is -0.145. The molecule has 1 heterocycles. The van der Waals surface area contributed by atoms with Crippen molar-refractivity contribution >= 4 is 35.6 Å². The topological polar surface area (TPSA) is 42.0 Å². The summed E-state index contributed by atoms with van der Waals surface area (Å²) in [4.78, 5) is 17.5. The maximum Gasteiger partial charge on any atom is 0.249 e. The fraction of sp³-hybridized carbons (Fsp3) is 0.364. The summed E-state index contributed by atoms with van der Waals surface area (Å²) in [6, 6.07) is 1.78. The van der Waals surface area contributed by atoms with E-state index < -0.39 is 30.6 Å². The fourth-order valence-electron chi connectivity index (χ4n) is 3.00. The molecule has 0 unspecified atom stereocenters. The van der Waals surface area contributed by atoms with Gasteiger partial charge in [-0.2, -0.15) is 0 Å². The zero-order chi connectivity index (χ0) is 20.7. The number of hydrogen-bond acceptors (Lipinski definition) is 3. The van der Waals surface area contributed by atoms with Crippen molar-refractivity contribution < 1.29 is 13.6 Å². The highest BCUT2D eigenvalue weighted by Gasteiger charge is 2.48. The van der Waals surface area contributed by atoms with Crippen molar-refractivity contribution in [3.05, 3.63) is 57.3 Å². The highest BCUT2D eigenvalue weighted by atomic mass is 32.2. The number of pyridine rings is 1. The molecule has 2 rings (SSSR count). The standard InChI is InChI=1S/C22H26F2N2OS/c1-5-9-16-14-25-20(26-21(27)18-12-22(23,24)13-18)11-17(16)10-15(6-2)19(7-3)28-8-4/h6-11,14,18H,4-5,12-13H2,1-3H3,(H,26,27)/b15-6+,16-9+,17-10-,19-7-. The third-order valence-electron chi connectivity index (χ3n) is 4.48. The number of carbonyl (C=O) groups is 1. The van der Waals surface area contributed by atoms with Crippen molar-refractivity contribution in [1.82, 2.24) is 4.98 Å². The number of aromatic nitrogens is 1. The predicted octanol–water partition coefficient (Wildman–Crippen LogP) is 4.76. The molecule has 0 spiro atoms. The maximum atomic E-state index is 13.0. The van der Waals surface area contributed by atoms with Gasteiger partial charge in [0.05, 0.1) is 0 Å². The minimum Gasteiger partial charge on any atom is -0.310 e. The number of hydrogen-bond donors (Lipinski definition) is 1. The number of nitrogens with zero attached hydrogens (tertiary/aromatic N) is 1. The third-order valence-corrected chi connectivity index (χ3v) is 5.38. The molecule has 1 aliphatic carbocycles. The predicted molar refractivity (Wildman–Crippen MR) is 114 cm³/mol. The minimum atomic E-state index is -2.72. The van der Waals surface area contributed by atoms with Crippen LogP contribution in [0.1, 0.15) is 40.0 Å². The van der Waals surface area contributed by atoms with Crippen LogP contribution in [0.5, 0.6) is 0 Å². The Morgan fingerprint density at radius 2 is 2.07 bits per heavy atom. The van der Waals surface area contributed by atoms with E-state index >= 15 is 0 Å². The van der Waals surface area contributed by atoms with Crippen molar-refractivity contribution in [1.29, 1.82) is 0 Å². The highest BCUT2D eigenvalue weighted by Crippen LogP contribution is 2.42. The molecule has 1 amide bonds. The van der Waals surface area contributed by atoms with Crippen LogP contribution in [0.3, 0.4) is 0 Å². The van der Waals surface area contributed by atoms with Gasteiger partial charge in [-0.3, -0.25) is 4.79 Å². The van der Waals surface area contributed by atoms with Crippen molar-refractivity contribution in [2.24, 2.45) is 5.92 Å². The lowest BCUT2D eigenvalue weighted by Crippen LogP contribution is -2.42. The second-order valence-electron chi connectivity index (χ2n) is 6.59. The molecule has 0 bridgehead atoms. The fourth-order valence-corrected chi connectivity index (χ4v) is 3.63. The number of carbonyl (C=O) groups excluding carboxylic acids is 1. The lowest BCUT2D eigenvalue weighted by Gasteiger charge is -2.33. The summed E-state index contributed by atoms with van der Waals surface area (Å²) in [5.41, 5.74) is 1.03. The second-order valence-corrected chi connectivity index (χ2v) is 7.60. The molecule has 1 aliphatic rings. The largest absolute Gasteiger partial charge is 0.310 e. The summed E-state index contributed by atoms with van der Waals surface area (Å²) in [7, 11) is 0. The van der Waals surface area contributed by atoms with Gasteiger partial charge in [-0.15, -0.1) is 0 Å². The van der Waals surface area contributed by atoms with Crippen LogP contribution in [0, 0.1) is 5.92 Å². The Morgan fingerprint density at radius 3 is 2.61 bits per heavy atom. The molecule has 1 aromatic rings. The van der Waals surface area contributed by atoms with Gasteiger partial charge in [0.1, 0.15) is 5.82 Å². The smallest absolute Gasteiger partial charge is 0.249 e. The lowest BCUT2D eigenvalue weighted by atomic mass is 9.81. The number of anilines is 1. The molecule has 0 saturated heterocycles. The number of alkyl halides is 2. The van der Waals surface area contributed by atoms with Gasteiger partial charge in [-0.25, -0.2) is 13.8 Å². The van der Waals surface area contributed by atoms with Gasteiger partial charge in [0.15, 0.2) is 0 Å². The molecular formula is C22H26F2N2OS. The van der Waals surface area contributed by atoms with Crippen molar-refractivity contribution in [3.8, 4) is 0 Å². The molecule has 0 atom stereocenters. The zero-order valence-electron chi connectivity index (χ0n) is 16.5. The molecule has 1 fully saturated rings. The van der Waals surface area contributed by atoms with Crippen molar-refractivity contribution in [2.45, 2.75) is 46.0 Å². The number of halogens is 2. The van der Waals surface area contributed by atoms with Crippen LogP contribution < -0.4 is 15.8 Å². The molecule has 3 nitrogen and oxygen atoms in total. The monoisotopic (exact) mass is 404 g/mol. The van der Waals surface area contributed by atoms with Crippen molar-refractivity contribution in [2.75, 3.05) is 5.32 Å². The molecule has 0 aliphatic heterocycles. The summed E-state index contributed by atoms with van der Waals surface area (Å²) in [5.74, 6) is -3.41. The van der Waals surface area contributed by atoms with E-state index in [4.69, 9.17) is 0 Å². The Bertz CT molecular complexity index is 911. The van der Waals surface area contributed by atoms with Gasteiger partial charge >= 0.3 is 0 Å². The first kappa shape index (κ1) is 22.1. The molecule has 0 aromatic carbocycles. The number of amides is 1. The number of rotatable bonds is 7. The van der Waals surface area contributed by atoms with Crippen LogP contribution >= 0.6 is 11.8 Å². The Hall–Kier alpha value is -2.21. The summed E-state index contributed by atoms with van der Waals surface area (Å²) in [6.07, 6.45) is 9.86. The van der Waals surface area contributed by atoms with Gasteiger partial charge in [0, 0.05) is 29.9 Å². The normalized spacial score (nSPS) is 18.8. The molecule has 1 aromatic heterocycles. The van der Waals surface area contributed by atoms with Crippen LogP contribution in [-0.4, -0.2) is 16.8 Å². The first-order chi connectivity index (χ1) is 13.3. The summed E-state index contributed by atoms with van der Waals surface area (Å²) in [5, 5.41) is 6.31. The van der Waals surface area contributed by atoms with Crippen LogP contribution in [0.25, 0.3) is 12.2 Å². The highest BCUT2D eigenvalue weighted by molar-refractivity contribution is 8.06. The van der Waals surface area contributed by atoms with E-state index in [1.165, 1.54) is 11.8 Å². The third kappa shape index (κ3) is 5.64. The SMILES string of the molecule is C=CSC(=C\C)/C(/C=c1/cc(NC(=O)C2CC(F)(F)C2)nc/c1=C\CC)=C/C. The maximum absolute atomic E-state index is 13.0.